The smallest absolute Gasteiger partial charge is 0.399 e. The van der Waals surface area contributed by atoms with E-state index in [1.54, 1.807) is 0 Å². The van der Waals surface area contributed by atoms with Crippen LogP contribution in [-0.4, -0.2) is 22.9 Å². The van der Waals surface area contributed by atoms with E-state index in [4.69, 9.17) is 9.31 Å². The van der Waals surface area contributed by atoms with E-state index in [-0.39, 0.29) is 23.7 Å². The summed E-state index contributed by atoms with van der Waals surface area (Å²) in [5, 5.41) is 2.52. The number of hydrogen-bond acceptors (Lipinski definition) is 2. The summed E-state index contributed by atoms with van der Waals surface area (Å²) in [5.74, 6) is 0. The van der Waals surface area contributed by atoms with Crippen LogP contribution in [0.2, 0.25) is 0 Å². The van der Waals surface area contributed by atoms with E-state index in [1.165, 1.54) is 44.2 Å². The fourth-order valence-corrected chi connectivity index (χ4v) is 5.35. The lowest BCUT2D eigenvalue weighted by Gasteiger charge is -2.32. The molecule has 5 aromatic rings. The van der Waals surface area contributed by atoms with Crippen LogP contribution >= 0.6 is 0 Å². The fraction of sp³-hybridized carbons (Fsp3) is 0.294. The van der Waals surface area contributed by atoms with Crippen LogP contribution in [0, 0.1) is 0 Å². The predicted molar refractivity (Wildman–Crippen MR) is 161 cm³/mol. The van der Waals surface area contributed by atoms with Crippen molar-refractivity contribution in [1.29, 1.82) is 0 Å². The van der Waals surface area contributed by atoms with Gasteiger partial charge in [0.15, 0.2) is 0 Å². The molecule has 4 aromatic carbocycles. The summed E-state index contributed by atoms with van der Waals surface area (Å²) in [7, 11) is -0.348. The zero-order chi connectivity index (χ0) is 26.9. The van der Waals surface area contributed by atoms with E-state index < -0.39 is 0 Å². The van der Waals surface area contributed by atoms with Crippen LogP contribution < -0.4 is 5.46 Å². The Morgan fingerprint density at radius 3 is 1.84 bits per heavy atom. The molecule has 6 rings (SSSR count). The van der Waals surface area contributed by atoms with Crippen LogP contribution in [0.15, 0.2) is 91.0 Å². The van der Waals surface area contributed by atoms with Crippen molar-refractivity contribution >= 4 is 34.4 Å². The molecule has 0 bridgehead atoms. The number of para-hydroxylation sites is 1. The number of fused-ring (bicyclic) bond motifs is 3. The van der Waals surface area contributed by atoms with Crippen LogP contribution in [0.4, 0.5) is 0 Å². The molecule has 0 atom stereocenters. The number of nitrogens with zero attached hydrogens (tertiary/aromatic N) is 1. The van der Waals surface area contributed by atoms with Crippen LogP contribution in [0.3, 0.4) is 0 Å². The zero-order valence-corrected chi connectivity index (χ0v) is 23.5. The SMILES string of the molecule is CC(C)(C)c1ccc(-n2c3ccccc3c3cc(-c4ccc(B5OC(C)(C)C(C)(C)O5)cc4)ccc32)cc1. The third kappa shape index (κ3) is 4.07. The van der Waals surface area contributed by atoms with E-state index in [0.717, 1.165) is 5.46 Å². The first-order chi connectivity index (χ1) is 17.9. The van der Waals surface area contributed by atoms with Gasteiger partial charge in [-0.1, -0.05) is 81.4 Å². The molecular weight excluding hydrogens is 465 g/mol. The summed E-state index contributed by atoms with van der Waals surface area (Å²) >= 11 is 0. The van der Waals surface area contributed by atoms with Gasteiger partial charge in [0.25, 0.3) is 0 Å². The molecule has 0 N–H and O–H groups in total. The summed E-state index contributed by atoms with van der Waals surface area (Å²) in [5.41, 5.74) is 7.83. The Balaban J connectivity index is 1.39. The standard InChI is InChI=1S/C34H36BNO2/c1-32(2,3)25-15-19-27(20-16-25)36-30-11-9-8-10-28(30)29-22-24(14-21-31(29)36)23-12-17-26(18-13-23)35-37-33(4,5)34(6,7)38-35/h8-22H,1-7H3. The first kappa shape index (κ1) is 25.0. The highest BCUT2D eigenvalue weighted by Crippen LogP contribution is 2.37. The Bertz CT molecular complexity index is 1620. The van der Waals surface area contributed by atoms with Gasteiger partial charge in [-0.3, -0.25) is 0 Å². The van der Waals surface area contributed by atoms with Crippen molar-refractivity contribution in [3.8, 4) is 16.8 Å². The average molecular weight is 501 g/mol. The van der Waals surface area contributed by atoms with Gasteiger partial charge in [0.2, 0.25) is 0 Å². The maximum Gasteiger partial charge on any atom is 0.494 e. The minimum absolute atomic E-state index is 0.131. The summed E-state index contributed by atoms with van der Waals surface area (Å²) in [4.78, 5) is 0. The Morgan fingerprint density at radius 2 is 1.21 bits per heavy atom. The third-order valence-electron chi connectivity index (χ3n) is 8.43. The summed E-state index contributed by atoms with van der Waals surface area (Å²) in [6, 6.07) is 33.1. The largest absolute Gasteiger partial charge is 0.494 e. The summed E-state index contributed by atoms with van der Waals surface area (Å²) in [6.45, 7) is 15.1. The quantitative estimate of drug-likeness (QED) is 0.234. The molecule has 192 valence electrons. The van der Waals surface area contributed by atoms with Gasteiger partial charge >= 0.3 is 7.12 Å². The van der Waals surface area contributed by atoms with Crippen molar-refractivity contribution in [3.63, 3.8) is 0 Å². The molecule has 1 saturated heterocycles. The van der Waals surface area contributed by atoms with Gasteiger partial charge in [0.05, 0.1) is 22.2 Å². The Labute approximate surface area is 226 Å². The van der Waals surface area contributed by atoms with Crippen LogP contribution in [0.1, 0.15) is 54.0 Å². The minimum atomic E-state index is -0.348. The monoisotopic (exact) mass is 501 g/mol. The van der Waals surface area contributed by atoms with Crippen molar-refractivity contribution < 1.29 is 9.31 Å². The van der Waals surface area contributed by atoms with Crippen molar-refractivity contribution in [2.75, 3.05) is 0 Å². The molecule has 3 nitrogen and oxygen atoms in total. The Kier molecular flexibility index (Phi) is 5.64. The lowest BCUT2D eigenvalue weighted by Crippen LogP contribution is -2.41. The van der Waals surface area contributed by atoms with E-state index in [0.29, 0.717) is 0 Å². The third-order valence-corrected chi connectivity index (χ3v) is 8.43. The molecule has 2 heterocycles. The van der Waals surface area contributed by atoms with Crippen molar-refractivity contribution in [3.05, 3.63) is 96.6 Å². The Morgan fingerprint density at radius 1 is 0.632 bits per heavy atom. The lowest BCUT2D eigenvalue weighted by molar-refractivity contribution is 0.00578. The molecule has 0 amide bonds. The average Bonchev–Trinajstić information content (AvgIpc) is 3.32. The summed E-state index contributed by atoms with van der Waals surface area (Å²) in [6.07, 6.45) is 0. The van der Waals surface area contributed by atoms with Gasteiger partial charge in [-0.05, 0) is 85.6 Å². The maximum atomic E-state index is 6.25. The molecule has 0 unspecified atom stereocenters. The molecule has 1 aliphatic heterocycles. The maximum absolute atomic E-state index is 6.25. The number of benzene rings is 4. The highest BCUT2D eigenvalue weighted by Gasteiger charge is 2.51. The van der Waals surface area contributed by atoms with E-state index in [2.05, 4.69) is 144 Å². The van der Waals surface area contributed by atoms with Gasteiger partial charge in [-0.25, -0.2) is 0 Å². The lowest BCUT2D eigenvalue weighted by atomic mass is 9.78. The first-order valence-electron chi connectivity index (χ1n) is 13.5. The van der Waals surface area contributed by atoms with Gasteiger partial charge in [0, 0.05) is 16.5 Å². The highest BCUT2D eigenvalue weighted by atomic mass is 16.7. The fourth-order valence-electron chi connectivity index (χ4n) is 5.35. The molecule has 0 radical (unpaired) electrons. The highest BCUT2D eigenvalue weighted by molar-refractivity contribution is 6.62. The molecule has 1 aliphatic rings. The number of hydrogen-bond donors (Lipinski definition) is 0. The molecule has 0 aliphatic carbocycles. The second kappa shape index (κ2) is 8.59. The van der Waals surface area contributed by atoms with E-state index >= 15 is 0 Å². The predicted octanol–water partition coefficient (Wildman–Crippen LogP) is 8.05. The van der Waals surface area contributed by atoms with Gasteiger partial charge in [-0.2, -0.15) is 0 Å². The van der Waals surface area contributed by atoms with Crippen LogP contribution in [-0.2, 0) is 14.7 Å². The zero-order valence-electron chi connectivity index (χ0n) is 23.5. The second-order valence-corrected chi connectivity index (χ2v) is 12.6. The van der Waals surface area contributed by atoms with Gasteiger partial charge in [-0.15, -0.1) is 0 Å². The summed E-state index contributed by atoms with van der Waals surface area (Å²) < 4.78 is 14.9. The Hall–Kier alpha value is -3.34. The molecule has 0 saturated carbocycles. The number of aromatic nitrogens is 1. The van der Waals surface area contributed by atoms with Crippen molar-refractivity contribution in [2.45, 2.75) is 65.1 Å². The van der Waals surface area contributed by atoms with Crippen molar-refractivity contribution in [2.24, 2.45) is 0 Å². The van der Waals surface area contributed by atoms with Gasteiger partial charge in [0.1, 0.15) is 0 Å². The van der Waals surface area contributed by atoms with E-state index in [9.17, 15) is 0 Å². The normalized spacial score (nSPS) is 17.0. The van der Waals surface area contributed by atoms with Crippen LogP contribution in [0.5, 0.6) is 0 Å². The molecule has 38 heavy (non-hydrogen) atoms. The first-order valence-corrected chi connectivity index (χ1v) is 13.5. The topological polar surface area (TPSA) is 23.4 Å². The van der Waals surface area contributed by atoms with Crippen LogP contribution in [0.25, 0.3) is 38.6 Å². The molecule has 0 spiro atoms. The van der Waals surface area contributed by atoms with Crippen molar-refractivity contribution in [1.82, 2.24) is 4.57 Å². The molecular formula is C34H36BNO2. The molecule has 1 fully saturated rings. The molecule has 1 aromatic heterocycles. The minimum Gasteiger partial charge on any atom is -0.399 e. The van der Waals surface area contributed by atoms with Gasteiger partial charge < -0.3 is 13.9 Å². The molecule has 4 heteroatoms. The van der Waals surface area contributed by atoms with E-state index in [1.807, 2.05) is 0 Å². The number of rotatable bonds is 3. The second-order valence-electron chi connectivity index (χ2n) is 12.6.